The molecule has 0 atom stereocenters. The highest BCUT2D eigenvalue weighted by Crippen LogP contribution is 2.25. The van der Waals surface area contributed by atoms with Crippen molar-refractivity contribution in [2.45, 2.75) is 19.9 Å². The fourth-order valence-electron chi connectivity index (χ4n) is 2.96. The maximum atomic E-state index is 12.1. The Hall–Kier alpha value is -2.85. The maximum Gasteiger partial charge on any atom is 0.235 e. The molecule has 3 rings (SSSR count). The number of sulfonamides is 1. The molecule has 0 radical (unpaired) electrons. The zero-order valence-corrected chi connectivity index (χ0v) is 15.2. The van der Waals surface area contributed by atoms with E-state index in [2.05, 4.69) is 11.4 Å². The minimum absolute atomic E-state index is 0.0706. The molecular weight excluding hydrogens is 350 g/mol. The number of Topliss-reactive ketones (excluding diaryl/α,β-unsaturated/α-hetero) is 1. The fraction of sp³-hybridized carbons (Fsp3) is 0.263. The van der Waals surface area contributed by atoms with Crippen molar-refractivity contribution in [3.63, 3.8) is 0 Å². The van der Waals surface area contributed by atoms with E-state index in [0.717, 1.165) is 5.56 Å². The molecule has 1 fully saturated rings. The van der Waals surface area contributed by atoms with Gasteiger partial charge >= 0.3 is 0 Å². The number of hydrogen-bond donors (Lipinski definition) is 1. The number of nitrogens with zero attached hydrogens (tertiary/aromatic N) is 2. The number of carbonyl (C=O) groups excluding carboxylic acids is 1. The van der Waals surface area contributed by atoms with Gasteiger partial charge in [-0.15, -0.1) is 0 Å². The first-order valence-electron chi connectivity index (χ1n) is 8.29. The highest BCUT2D eigenvalue weighted by molar-refractivity contribution is 7.93. The number of carbonyl (C=O) groups is 1. The van der Waals surface area contributed by atoms with Gasteiger partial charge in [0.2, 0.25) is 10.0 Å². The van der Waals surface area contributed by atoms with Gasteiger partial charge in [0.1, 0.15) is 6.07 Å². The van der Waals surface area contributed by atoms with Crippen molar-refractivity contribution >= 4 is 27.2 Å². The monoisotopic (exact) mass is 369 g/mol. The number of hydrogen-bond acceptors (Lipinski definition) is 5. The van der Waals surface area contributed by atoms with Gasteiger partial charge in [-0.2, -0.15) is 5.26 Å². The third-order valence-corrected chi connectivity index (χ3v) is 6.20. The molecule has 1 saturated heterocycles. The van der Waals surface area contributed by atoms with Crippen LogP contribution in [0.2, 0.25) is 0 Å². The second kappa shape index (κ2) is 7.18. The van der Waals surface area contributed by atoms with Gasteiger partial charge in [0, 0.05) is 18.7 Å². The van der Waals surface area contributed by atoms with Gasteiger partial charge in [-0.25, -0.2) is 8.42 Å². The summed E-state index contributed by atoms with van der Waals surface area (Å²) in [4.78, 5) is 11.6. The lowest BCUT2D eigenvalue weighted by molar-refractivity contribution is 0.101. The van der Waals surface area contributed by atoms with E-state index in [1.807, 2.05) is 18.2 Å². The molecule has 0 bridgehead atoms. The van der Waals surface area contributed by atoms with Crippen molar-refractivity contribution in [1.29, 1.82) is 5.26 Å². The lowest BCUT2D eigenvalue weighted by Gasteiger charge is -2.18. The van der Waals surface area contributed by atoms with Gasteiger partial charge in [0.15, 0.2) is 5.78 Å². The van der Waals surface area contributed by atoms with Crippen molar-refractivity contribution in [2.24, 2.45) is 0 Å². The largest absolute Gasteiger partial charge is 0.380 e. The summed E-state index contributed by atoms with van der Waals surface area (Å²) in [6.07, 6.45) is 0.633. The quantitative estimate of drug-likeness (QED) is 0.819. The number of nitriles is 1. The van der Waals surface area contributed by atoms with Crippen LogP contribution in [0.3, 0.4) is 0 Å². The van der Waals surface area contributed by atoms with Crippen LogP contribution in [0.25, 0.3) is 0 Å². The smallest absolute Gasteiger partial charge is 0.235 e. The normalized spacial score (nSPS) is 15.5. The molecule has 1 heterocycles. The van der Waals surface area contributed by atoms with Crippen LogP contribution in [0.4, 0.5) is 11.4 Å². The lowest BCUT2D eigenvalue weighted by atomic mass is 10.1. The first-order valence-corrected chi connectivity index (χ1v) is 9.90. The van der Waals surface area contributed by atoms with Crippen LogP contribution in [0, 0.1) is 11.3 Å². The minimum atomic E-state index is -3.22. The summed E-state index contributed by atoms with van der Waals surface area (Å²) in [5.74, 6) is 0.109. The summed E-state index contributed by atoms with van der Waals surface area (Å²) >= 11 is 0. The number of rotatable bonds is 5. The predicted octanol–water partition coefficient (Wildman–Crippen LogP) is 2.91. The fourth-order valence-corrected chi connectivity index (χ4v) is 4.51. The van der Waals surface area contributed by atoms with Gasteiger partial charge in [-0.3, -0.25) is 9.10 Å². The Labute approximate surface area is 153 Å². The molecule has 2 aromatic carbocycles. The van der Waals surface area contributed by atoms with E-state index in [4.69, 9.17) is 0 Å². The average molecular weight is 369 g/mol. The van der Waals surface area contributed by atoms with E-state index in [-0.39, 0.29) is 11.5 Å². The molecule has 0 aromatic heterocycles. The van der Waals surface area contributed by atoms with E-state index in [9.17, 15) is 18.5 Å². The van der Waals surface area contributed by atoms with Gasteiger partial charge in [0.05, 0.1) is 22.7 Å². The van der Waals surface area contributed by atoms with Crippen molar-refractivity contribution < 1.29 is 13.2 Å². The maximum absolute atomic E-state index is 12.1. The second-order valence-corrected chi connectivity index (χ2v) is 8.21. The SMILES string of the molecule is CC(=O)c1ccc(C#N)c(NCc2cccc(N3CCCS3(=O)=O)c2)c1. The van der Waals surface area contributed by atoms with Crippen LogP contribution >= 0.6 is 0 Å². The van der Waals surface area contributed by atoms with Gasteiger partial charge in [0.25, 0.3) is 0 Å². The van der Waals surface area contributed by atoms with Crippen molar-refractivity contribution in [3.8, 4) is 6.07 Å². The Morgan fingerprint density at radius 2 is 2.08 bits per heavy atom. The first kappa shape index (κ1) is 18.0. The summed E-state index contributed by atoms with van der Waals surface area (Å²) in [7, 11) is -3.22. The van der Waals surface area contributed by atoms with E-state index in [1.54, 1.807) is 24.3 Å². The van der Waals surface area contributed by atoms with Crippen LogP contribution in [-0.2, 0) is 16.6 Å². The van der Waals surface area contributed by atoms with Crippen molar-refractivity contribution in [1.82, 2.24) is 0 Å². The molecule has 1 aliphatic rings. The van der Waals surface area contributed by atoms with Crippen LogP contribution in [-0.4, -0.2) is 26.5 Å². The lowest BCUT2D eigenvalue weighted by Crippen LogP contribution is -2.25. The molecule has 0 unspecified atom stereocenters. The molecule has 0 aliphatic carbocycles. The Morgan fingerprint density at radius 1 is 1.27 bits per heavy atom. The number of anilines is 2. The van der Waals surface area contributed by atoms with Crippen molar-refractivity contribution in [3.05, 3.63) is 59.2 Å². The standard InChI is InChI=1S/C19H19N3O3S/c1-14(23)16-6-7-17(12-20)19(11-16)21-13-15-4-2-5-18(10-15)22-8-3-9-26(22,24)25/h2,4-7,10-11,21H,3,8-9,13H2,1H3. The highest BCUT2D eigenvalue weighted by Gasteiger charge is 2.28. The third kappa shape index (κ3) is 3.70. The summed E-state index contributed by atoms with van der Waals surface area (Å²) in [6, 6.07) is 14.3. The van der Waals surface area contributed by atoms with Gasteiger partial charge < -0.3 is 5.32 Å². The molecule has 6 nitrogen and oxygen atoms in total. The molecular formula is C19H19N3O3S. The van der Waals surface area contributed by atoms with Crippen LogP contribution in [0.5, 0.6) is 0 Å². The average Bonchev–Trinajstić information content (AvgIpc) is 2.99. The Kier molecular flexibility index (Phi) is 4.96. The second-order valence-electron chi connectivity index (χ2n) is 6.19. The molecule has 7 heteroatoms. The Bertz CT molecular complexity index is 993. The minimum Gasteiger partial charge on any atom is -0.380 e. The molecule has 0 amide bonds. The molecule has 134 valence electrons. The summed E-state index contributed by atoms with van der Waals surface area (Å²) in [5.41, 5.74) is 3.11. The van der Waals surface area contributed by atoms with Gasteiger partial charge in [-0.05, 0) is 49.2 Å². The number of ketones is 1. The summed E-state index contributed by atoms with van der Waals surface area (Å²) in [6.45, 7) is 2.39. The predicted molar refractivity (Wildman–Crippen MR) is 101 cm³/mol. The van der Waals surface area contributed by atoms with E-state index in [1.165, 1.54) is 11.2 Å². The molecule has 1 aliphatic heterocycles. The van der Waals surface area contributed by atoms with Crippen LogP contribution < -0.4 is 9.62 Å². The Morgan fingerprint density at radius 3 is 2.73 bits per heavy atom. The van der Waals surface area contributed by atoms with Gasteiger partial charge in [-0.1, -0.05) is 12.1 Å². The van der Waals surface area contributed by atoms with Crippen LogP contribution in [0.15, 0.2) is 42.5 Å². The van der Waals surface area contributed by atoms with E-state index < -0.39 is 10.0 Å². The number of nitrogens with one attached hydrogen (secondary N) is 1. The Balaban J connectivity index is 1.81. The van der Waals surface area contributed by atoms with E-state index in [0.29, 0.717) is 42.0 Å². The molecule has 0 saturated carbocycles. The zero-order valence-electron chi connectivity index (χ0n) is 14.4. The topological polar surface area (TPSA) is 90.3 Å². The third-order valence-electron chi connectivity index (χ3n) is 4.33. The van der Waals surface area contributed by atoms with Crippen molar-refractivity contribution in [2.75, 3.05) is 21.9 Å². The van der Waals surface area contributed by atoms with Crippen LogP contribution in [0.1, 0.15) is 34.8 Å². The summed E-state index contributed by atoms with van der Waals surface area (Å²) in [5, 5.41) is 12.4. The zero-order chi connectivity index (χ0) is 18.7. The molecule has 2 aromatic rings. The number of benzene rings is 2. The highest BCUT2D eigenvalue weighted by atomic mass is 32.2. The van der Waals surface area contributed by atoms with E-state index >= 15 is 0 Å². The molecule has 1 N–H and O–H groups in total. The first-order chi connectivity index (χ1) is 12.4. The molecule has 0 spiro atoms. The molecule has 26 heavy (non-hydrogen) atoms. The summed E-state index contributed by atoms with van der Waals surface area (Å²) < 4.78 is 25.6.